The number of halogens is 2. The van der Waals surface area contributed by atoms with Crippen molar-refractivity contribution >= 4 is 40.3 Å². The number of aliphatic hydroxyl groups excluding tert-OH is 1. The smallest absolute Gasteiger partial charge is 0.248 e. The van der Waals surface area contributed by atoms with E-state index in [2.05, 4.69) is 18.0 Å². The van der Waals surface area contributed by atoms with Crippen LogP contribution in [0.2, 0.25) is 10.0 Å². The van der Waals surface area contributed by atoms with E-state index >= 15 is 0 Å². The van der Waals surface area contributed by atoms with Gasteiger partial charge in [-0.15, -0.1) is 0 Å². The number of nitrogens with zero attached hydrogens (tertiary/aromatic N) is 2. The number of carbonyl (C=O) groups is 1. The van der Waals surface area contributed by atoms with Crippen LogP contribution in [0.1, 0.15) is 29.5 Å². The maximum absolute atomic E-state index is 12.0. The molecular formula is C20H22Cl2N2O2. The molecule has 2 heterocycles. The summed E-state index contributed by atoms with van der Waals surface area (Å²) < 4.78 is 0. The van der Waals surface area contributed by atoms with E-state index in [1.165, 1.54) is 22.3 Å². The molecule has 0 unspecified atom stereocenters. The summed E-state index contributed by atoms with van der Waals surface area (Å²) in [6.45, 7) is 2.69. The van der Waals surface area contributed by atoms with E-state index in [1.54, 1.807) is 4.90 Å². The van der Waals surface area contributed by atoms with Gasteiger partial charge in [0.15, 0.2) is 0 Å². The van der Waals surface area contributed by atoms with Gasteiger partial charge in [0.1, 0.15) is 6.61 Å². The van der Waals surface area contributed by atoms with E-state index in [1.807, 2.05) is 6.07 Å². The normalized spacial score (nSPS) is 20.2. The topological polar surface area (TPSA) is 43.8 Å². The molecule has 1 aromatic carbocycles. The molecule has 26 heavy (non-hydrogen) atoms. The minimum absolute atomic E-state index is 0.217. The number of fused-ring (bicyclic) bond motifs is 2. The number of aliphatic hydroxyl groups is 1. The molecule has 6 heteroatoms. The molecule has 0 fully saturated rings. The van der Waals surface area contributed by atoms with Crippen molar-refractivity contribution in [3.05, 3.63) is 44.5 Å². The number of hydrogen-bond donors (Lipinski definition) is 1. The van der Waals surface area contributed by atoms with Gasteiger partial charge in [0.05, 0.1) is 10.0 Å². The number of benzene rings is 1. The molecule has 0 saturated carbocycles. The molecule has 1 aromatic rings. The van der Waals surface area contributed by atoms with Gasteiger partial charge in [-0.05, 0) is 60.2 Å². The molecule has 1 N–H and O–H groups in total. The summed E-state index contributed by atoms with van der Waals surface area (Å²) in [6, 6.07) is 1.99. The third kappa shape index (κ3) is 2.99. The number of hydrogen-bond acceptors (Lipinski definition) is 3. The van der Waals surface area contributed by atoms with Crippen LogP contribution in [-0.4, -0.2) is 60.6 Å². The van der Waals surface area contributed by atoms with Crippen molar-refractivity contribution in [1.82, 2.24) is 9.80 Å². The zero-order valence-electron chi connectivity index (χ0n) is 14.8. The Morgan fingerprint density at radius 3 is 2.77 bits per heavy atom. The predicted octanol–water partition coefficient (Wildman–Crippen LogP) is 3.25. The Morgan fingerprint density at radius 1 is 1.27 bits per heavy atom. The van der Waals surface area contributed by atoms with Gasteiger partial charge >= 0.3 is 0 Å². The summed E-state index contributed by atoms with van der Waals surface area (Å²) in [6.07, 6.45) is 4.88. The van der Waals surface area contributed by atoms with E-state index in [-0.39, 0.29) is 5.91 Å². The van der Waals surface area contributed by atoms with Crippen LogP contribution in [0.25, 0.3) is 11.1 Å². The second-order valence-corrected chi connectivity index (χ2v) is 8.08. The molecular weight excluding hydrogens is 371 g/mol. The standard InChI is InChI=1S/C20H22Cl2N2O2/c1-23-5-2-12(3-6-23)14-9-17(21)20(22)15-8-13-4-7-24(18(26)11-25)10-16(13)19(14)15/h2,9,25H,3-8,10-11H2,1H3. The fraction of sp³-hybridized carbons (Fsp3) is 0.450. The van der Waals surface area contributed by atoms with Crippen LogP contribution in [0.3, 0.4) is 0 Å². The molecule has 2 aliphatic heterocycles. The zero-order valence-corrected chi connectivity index (χ0v) is 16.3. The lowest BCUT2D eigenvalue weighted by Crippen LogP contribution is -2.38. The van der Waals surface area contributed by atoms with E-state index in [0.717, 1.165) is 43.5 Å². The molecule has 1 aliphatic carbocycles. The van der Waals surface area contributed by atoms with Crippen molar-refractivity contribution in [2.24, 2.45) is 0 Å². The lowest BCUT2D eigenvalue weighted by molar-refractivity contribution is -0.133. The fourth-order valence-corrected chi connectivity index (χ4v) is 4.68. The predicted molar refractivity (Wildman–Crippen MR) is 105 cm³/mol. The Morgan fingerprint density at radius 2 is 2.08 bits per heavy atom. The van der Waals surface area contributed by atoms with Crippen LogP contribution in [0.5, 0.6) is 0 Å². The van der Waals surface area contributed by atoms with Crippen LogP contribution >= 0.6 is 23.2 Å². The van der Waals surface area contributed by atoms with Crippen molar-refractivity contribution in [3.63, 3.8) is 0 Å². The maximum Gasteiger partial charge on any atom is 0.248 e. The van der Waals surface area contributed by atoms with Gasteiger partial charge in [0.25, 0.3) is 0 Å². The van der Waals surface area contributed by atoms with E-state index in [9.17, 15) is 9.90 Å². The van der Waals surface area contributed by atoms with Crippen LogP contribution < -0.4 is 0 Å². The molecule has 1 amide bonds. The molecule has 0 aromatic heterocycles. The first-order valence-corrected chi connectivity index (χ1v) is 9.74. The Labute approximate surface area is 163 Å². The van der Waals surface area contributed by atoms with Crippen molar-refractivity contribution in [2.45, 2.75) is 19.3 Å². The highest BCUT2D eigenvalue weighted by molar-refractivity contribution is 6.43. The molecule has 4 rings (SSSR count). The summed E-state index contributed by atoms with van der Waals surface area (Å²) >= 11 is 13.0. The average Bonchev–Trinajstić information content (AvgIpc) is 3.04. The largest absolute Gasteiger partial charge is 0.387 e. The molecule has 138 valence electrons. The summed E-state index contributed by atoms with van der Waals surface area (Å²) in [5.41, 5.74) is 7.27. The van der Waals surface area contributed by atoms with Crippen LogP contribution in [0.4, 0.5) is 0 Å². The van der Waals surface area contributed by atoms with E-state index in [0.29, 0.717) is 23.1 Å². The molecule has 0 atom stereocenters. The number of likely N-dealkylation sites (N-methyl/N-ethyl adjacent to an activating group) is 1. The monoisotopic (exact) mass is 392 g/mol. The third-order valence-electron chi connectivity index (χ3n) is 5.71. The molecule has 3 aliphatic rings. The first-order valence-electron chi connectivity index (χ1n) is 8.98. The molecule has 0 spiro atoms. The first kappa shape index (κ1) is 18.1. The van der Waals surface area contributed by atoms with Gasteiger partial charge in [-0.1, -0.05) is 34.9 Å². The molecule has 4 nitrogen and oxygen atoms in total. The maximum atomic E-state index is 12.0. The molecule has 0 bridgehead atoms. The van der Waals surface area contributed by atoms with Crippen molar-refractivity contribution in [3.8, 4) is 0 Å². The lowest BCUT2D eigenvalue weighted by atomic mass is 9.89. The van der Waals surface area contributed by atoms with Gasteiger partial charge in [0, 0.05) is 26.2 Å². The van der Waals surface area contributed by atoms with Crippen molar-refractivity contribution in [2.75, 3.05) is 39.8 Å². The SMILES string of the molecule is CN1CC=C(c2cc(Cl)c(Cl)c3c2C2=C(CCN(C(=O)CO)C2)C3)CC1. The van der Waals surface area contributed by atoms with Gasteiger partial charge < -0.3 is 14.9 Å². The van der Waals surface area contributed by atoms with Gasteiger partial charge in [0.2, 0.25) is 5.91 Å². The first-order chi connectivity index (χ1) is 12.5. The van der Waals surface area contributed by atoms with E-state index in [4.69, 9.17) is 23.2 Å². The van der Waals surface area contributed by atoms with Crippen molar-refractivity contribution in [1.29, 1.82) is 0 Å². The van der Waals surface area contributed by atoms with Gasteiger partial charge in [-0.2, -0.15) is 0 Å². The van der Waals surface area contributed by atoms with Crippen LogP contribution in [0.15, 0.2) is 17.7 Å². The second kappa shape index (κ2) is 7.01. The average molecular weight is 393 g/mol. The van der Waals surface area contributed by atoms with Crippen LogP contribution in [-0.2, 0) is 11.2 Å². The minimum atomic E-state index is -0.443. The van der Waals surface area contributed by atoms with Crippen molar-refractivity contribution < 1.29 is 9.90 Å². The summed E-state index contributed by atoms with van der Waals surface area (Å²) in [7, 11) is 2.12. The second-order valence-electron chi connectivity index (χ2n) is 7.30. The molecule has 0 radical (unpaired) electrons. The fourth-order valence-electron chi connectivity index (χ4n) is 4.24. The quantitative estimate of drug-likeness (QED) is 0.839. The number of carbonyl (C=O) groups excluding carboxylic acids is 1. The molecule has 0 saturated heterocycles. The summed E-state index contributed by atoms with van der Waals surface area (Å²) in [4.78, 5) is 16.0. The van der Waals surface area contributed by atoms with E-state index < -0.39 is 6.61 Å². The van der Waals surface area contributed by atoms with Gasteiger partial charge in [-0.25, -0.2) is 0 Å². The Balaban J connectivity index is 1.80. The highest BCUT2D eigenvalue weighted by atomic mass is 35.5. The Bertz CT molecular complexity index is 845. The zero-order chi connectivity index (χ0) is 18.4. The Kier molecular flexibility index (Phi) is 4.86. The number of rotatable bonds is 2. The highest BCUT2D eigenvalue weighted by Crippen LogP contribution is 2.47. The van der Waals surface area contributed by atoms with Gasteiger partial charge in [-0.3, -0.25) is 4.79 Å². The lowest BCUT2D eigenvalue weighted by Gasteiger charge is -2.29. The summed E-state index contributed by atoms with van der Waals surface area (Å²) in [5, 5.41) is 10.5. The number of amides is 1. The third-order valence-corrected chi connectivity index (χ3v) is 6.54. The Hall–Kier alpha value is -1.33. The highest BCUT2D eigenvalue weighted by Gasteiger charge is 2.33. The van der Waals surface area contributed by atoms with Crippen LogP contribution in [0, 0.1) is 0 Å². The minimum Gasteiger partial charge on any atom is -0.387 e. The summed E-state index contributed by atoms with van der Waals surface area (Å²) in [5.74, 6) is -0.217.